The Balaban J connectivity index is 1.61. The summed E-state index contributed by atoms with van der Waals surface area (Å²) in [7, 11) is 1.47. The van der Waals surface area contributed by atoms with Gasteiger partial charge in [0, 0.05) is 44.6 Å². The fourth-order valence-corrected chi connectivity index (χ4v) is 4.15. The number of aromatic amines is 1. The number of fused-ring (bicyclic) bond motifs is 1. The molecule has 0 bridgehead atoms. The van der Waals surface area contributed by atoms with Gasteiger partial charge in [-0.15, -0.1) is 0 Å². The zero-order chi connectivity index (χ0) is 21.1. The van der Waals surface area contributed by atoms with E-state index in [-0.39, 0.29) is 36.6 Å². The van der Waals surface area contributed by atoms with E-state index in [1.54, 1.807) is 34.3 Å². The Kier molecular flexibility index (Phi) is 5.89. The van der Waals surface area contributed by atoms with Crippen LogP contribution >= 0.6 is 0 Å². The number of methoxy groups -OCH3 is 1. The SMILES string of the molecule is COCC(=O)N1CCc2nc(C3CCCCN3C(=O)c3ccncc3)[nH]c(=O)c2C1. The molecular weight excluding hydrogens is 386 g/mol. The molecule has 2 aromatic rings. The maximum absolute atomic E-state index is 13.1. The van der Waals surface area contributed by atoms with Crippen LogP contribution in [0.4, 0.5) is 0 Å². The van der Waals surface area contributed by atoms with Crippen molar-refractivity contribution in [2.24, 2.45) is 0 Å². The minimum absolute atomic E-state index is 0.00704. The molecular formula is C21H25N5O4. The quantitative estimate of drug-likeness (QED) is 0.806. The molecule has 4 heterocycles. The Morgan fingerprint density at radius 1 is 1.23 bits per heavy atom. The lowest BCUT2D eigenvalue weighted by Gasteiger charge is -2.36. The highest BCUT2D eigenvalue weighted by Gasteiger charge is 2.32. The van der Waals surface area contributed by atoms with E-state index < -0.39 is 0 Å². The average molecular weight is 411 g/mol. The van der Waals surface area contributed by atoms with E-state index in [4.69, 9.17) is 9.72 Å². The largest absolute Gasteiger partial charge is 0.375 e. The molecule has 9 heteroatoms. The van der Waals surface area contributed by atoms with Crippen molar-refractivity contribution in [3.05, 3.63) is 57.5 Å². The maximum Gasteiger partial charge on any atom is 0.256 e. The Hall–Kier alpha value is -3.07. The van der Waals surface area contributed by atoms with Crippen LogP contribution in [0.3, 0.4) is 0 Å². The molecule has 2 aromatic heterocycles. The van der Waals surface area contributed by atoms with E-state index >= 15 is 0 Å². The van der Waals surface area contributed by atoms with Crippen molar-refractivity contribution in [2.75, 3.05) is 26.8 Å². The molecule has 0 aliphatic carbocycles. The van der Waals surface area contributed by atoms with Crippen molar-refractivity contribution in [1.82, 2.24) is 24.8 Å². The molecule has 158 valence electrons. The number of hydrogen-bond donors (Lipinski definition) is 1. The molecule has 1 unspecified atom stereocenters. The highest BCUT2D eigenvalue weighted by Crippen LogP contribution is 2.30. The summed E-state index contributed by atoms with van der Waals surface area (Å²) in [5.74, 6) is 0.296. The van der Waals surface area contributed by atoms with Gasteiger partial charge < -0.3 is 19.5 Å². The number of aromatic nitrogens is 3. The lowest BCUT2D eigenvalue weighted by molar-refractivity contribution is -0.136. The molecule has 0 aromatic carbocycles. The number of nitrogens with one attached hydrogen (secondary N) is 1. The van der Waals surface area contributed by atoms with Crippen molar-refractivity contribution in [2.45, 2.75) is 38.3 Å². The van der Waals surface area contributed by atoms with Crippen molar-refractivity contribution in [1.29, 1.82) is 0 Å². The molecule has 0 radical (unpaired) electrons. The van der Waals surface area contributed by atoms with Gasteiger partial charge in [0.25, 0.3) is 11.5 Å². The number of rotatable bonds is 4. The lowest BCUT2D eigenvalue weighted by Crippen LogP contribution is -2.43. The number of likely N-dealkylation sites (tertiary alicyclic amines) is 1. The van der Waals surface area contributed by atoms with Crippen molar-refractivity contribution < 1.29 is 14.3 Å². The fourth-order valence-electron chi connectivity index (χ4n) is 4.15. The molecule has 2 aliphatic heterocycles. The van der Waals surface area contributed by atoms with E-state index in [0.29, 0.717) is 42.2 Å². The first-order chi connectivity index (χ1) is 14.6. The zero-order valence-electron chi connectivity index (χ0n) is 17.0. The third-order valence-electron chi connectivity index (χ3n) is 5.71. The summed E-state index contributed by atoms with van der Waals surface area (Å²) in [6, 6.07) is 3.12. The molecule has 9 nitrogen and oxygen atoms in total. The highest BCUT2D eigenvalue weighted by atomic mass is 16.5. The molecule has 0 saturated carbocycles. The second-order valence-corrected chi connectivity index (χ2v) is 7.62. The second-order valence-electron chi connectivity index (χ2n) is 7.62. The van der Waals surface area contributed by atoms with Crippen LogP contribution in [0, 0.1) is 0 Å². The van der Waals surface area contributed by atoms with E-state index in [9.17, 15) is 14.4 Å². The van der Waals surface area contributed by atoms with Crippen molar-refractivity contribution >= 4 is 11.8 Å². The van der Waals surface area contributed by atoms with Gasteiger partial charge >= 0.3 is 0 Å². The number of piperidine rings is 1. The number of nitrogens with zero attached hydrogens (tertiary/aromatic N) is 4. The molecule has 2 amide bonds. The minimum Gasteiger partial charge on any atom is -0.375 e. The Bertz CT molecular complexity index is 991. The van der Waals surface area contributed by atoms with Crippen LogP contribution in [0.1, 0.15) is 52.7 Å². The van der Waals surface area contributed by atoms with E-state index in [0.717, 1.165) is 19.3 Å². The fraction of sp³-hybridized carbons (Fsp3) is 0.476. The van der Waals surface area contributed by atoms with Gasteiger partial charge in [-0.3, -0.25) is 19.4 Å². The Morgan fingerprint density at radius 2 is 2.03 bits per heavy atom. The van der Waals surface area contributed by atoms with Crippen LogP contribution in [0.25, 0.3) is 0 Å². The summed E-state index contributed by atoms with van der Waals surface area (Å²) >= 11 is 0. The van der Waals surface area contributed by atoms with Gasteiger partial charge in [0.2, 0.25) is 5.91 Å². The second kappa shape index (κ2) is 8.74. The van der Waals surface area contributed by atoms with Crippen LogP contribution in [0.5, 0.6) is 0 Å². The highest BCUT2D eigenvalue weighted by molar-refractivity contribution is 5.94. The predicted molar refractivity (Wildman–Crippen MR) is 108 cm³/mol. The van der Waals surface area contributed by atoms with E-state index in [2.05, 4.69) is 9.97 Å². The number of amides is 2. The normalized spacial score (nSPS) is 18.8. The third-order valence-corrected chi connectivity index (χ3v) is 5.71. The first-order valence-corrected chi connectivity index (χ1v) is 10.2. The molecule has 1 atom stereocenters. The first-order valence-electron chi connectivity index (χ1n) is 10.2. The van der Waals surface area contributed by atoms with Gasteiger partial charge in [0.15, 0.2) is 0 Å². The summed E-state index contributed by atoms with van der Waals surface area (Å²) in [5, 5.41) is 0. The number of carbonyl (C=O) groups excluding carboxylic acids is 2. The van der Waals surface area contributed by atoms with Crippen LogP contribution in [0.2, 0.25) is 0 Å². The maximum atomic E-state index is 13.1. The minimum atomic E-state index is -0.273. The van der Waals surface area contributed by atoms with Crippen molar-refractivity contribution in [3.63, 3.8) is 0 Å². The summed E-state index contributed by atoms with van der Waals surface area (Å²) in [4.78, 5) is 53.0. The molecule has 0 spiro atoms. The van der Waals surface area contributed by atoms with Crippen molar-refractivity contribution in [3.8, 4) is 0 Å². The Morgan fingerprint density at radius 3 is 2.80 bits per heavy atom. The lowest BCUT2D eigenvalue weighted by atomic mass is 9.99. The standard InChI is InChI=1S/C21H25N5O4/c1-30-13-18(27)25-11-7-16-15(12-25)20(28)24-19(23-16)17-4-2-3-10-26(17)21(29)14-5-8-22-9-6-14/h5-6,8-9,17H,2-4,7,10-13H2,1H3,(H,23,24,28). The van der Waals surface area contributed by atoms with Gasteiger partial charge in [-0.2, -0.15) is 0 Å². The molecule has 1 fully saturated rings. The molecule has 1 saturated heterocycles. The predicted octanol–water partition coefficient (Wildman–Crippen LogP) is 1.06. The van der Waals surface area contributed by atoms with Gasteiger partial charge in [-0.05, 0) is 31.4 Å². The van der Waals surface area contributed by atoms with Crippen LogP contribution in [0.15, 0.2) is 29.3 Å². The topological polar surface area (TPSA) is 108 Å². The van der Waals surface area contributed by atoms with Crippen LogP contribution in [-0.2, 0) is 22.5 Å². The smallest absolute Gasteiger partial charge is 0.256 e. The number of carbonyl (C=O) groups is 2. The number of H-pyrrole nitrogens is 1. The van der Waals surface area contributed by atoms with E-state index in [1.807, 2.05) is 0 Å². The molecule has 2 aliphatic rings. The average Bonchev–Trinajstić information content (AvgIpc) is 2.79. The third kappa shape index (κ3) is 3.97. The molecule has 30 heavy (non-hydrogen) atoms. The zero-order valence-corrected chi connectivity index (χ0v) is 17.0. The molecule has 4 rings (SSSR count). The summed E-state index contributed by atoms with van der Waals surface area (Å²) < 4.78 is 4.91. The summed E-state index contributed by atoms with van der Waals surface area (Å²) in [6.45, 7) is 1.33. The monoisotopic (exact) mass is 411 g/mol. The van der Waals surface area contributed by atoms with Gasteiger partial charge in [0.1, 0.15) is 12.4 Å². The number of hydrogen-bond acceptors (Lipinski definition) is 6. The van der Waals surface area contributed by atoms with Gasteiger partial charge in [-0.1, -0.05) is 0 Å². The number of ether oxygens (including phenoxy) is 1. The summed E-state index contributed by atoms with van der Waals surface area (Å²) in [6.07, 6.45) is 6.33. The van der Waals surface area contributed by atoms with E-state index in [1.165, 1.54) is 7.11 Å². The van der Waals surface area contributed by atoms with Gasteiger partial charge in [-0.25, -0.2) is 4.98 Å². The van der Waals surface area contributed by atoms with Crippen LogP contribution in [-0.4, -0.2) is 63.4 Å². The van der Waals surface area contributed by atoms with Crippen LogP contribution < -0.4 is 5.56 Å². The first kappa shape index (κ1) is 20.2. The van der Waals surface area contributed by atoms with Gasteiger partial charge in [0.05, 0.1) is 23.8 Å². The molecule has 1 N–H and O–H groups in total. The summed E-state index contributed by atoms with van der Waals surface area (Å²) in [5.41, 5.74) is 1.55. The Labute approximate surface area is 174 Å². The number of pyridine rings is 1.